The van der Waals surface area contributed by atoms with Gasteiger partial charge in [-0.3, -0.25) is 9.59 Å². The van der Waals surface area contributed by atoms with Crippen molar-refractivity contribution in [1.29, 1.82) is 0 Å². The first-order chi connectivity index (χ1) is 13.3. The Morgan fingerprint density at radius 2 is 1.75 bits per heavy atom. The van der Waals surface area contributed by atoms with Crippen LogP contribution in [0.2, 0.25) is 0 Å². The SMILES string of the molecule is CC[C@@H](C)NC(=O)[C@H](C)N(Cc1cccc(C)c1)C(=O)Cc1ccccc1C. The predicted octanol–water partition coefficient (Wildman–Crippen LogP) is 4.18. The summed E-state index contributed by atoms with van der Waals surface area (Å²) in [4.78, 5) is 27.6. The van der Waals surface area contributed by atoms with E-state index in [0.29, 0.717) is 13.0 Å². The average molecular weight is 381 g/mol. The molecule has 0 aliphatic carbocycles. The first-order valence-corrected chi connectivity index (χ1v) is 10.0. The lowest BCUT2D eigenvalue weighted by molar-refractivity contribution is -0.140. The molecule has 2 atom stereocenters. The normalized spacial score (nSPS) is 12.9. The molecule has 2 aromatic rings. The van der Waals surface area contributed by atoms with E-state index in [9.17, 15) is 9.59 Å². The van der Waals surface area contributed by atoms with Crippen LogP contribution in [-0.4, -0.2) is 28.8 Å². The van der Waals surface area contributed by atoms with Gasteiger partial charge in [0.1, 0.15) is 6.04 Å². The van der Waals surface area contributed by atoms with Crippen molar-refractivity contribution in [3.63, 3.8) is 0 Å². The highest BCUT2D eigenvalue weighted by molar-refractivity contribution is 5.88. The first kappa shape index (κ1) is 21.7. The number of hydrogen-bond donors (Lipinski definition) is 1. The molecule has 2 aromatic carbocycles. The largest absolute Gasteiger partial charge is 0.352 e. The summed E-state index contributed by atoms with van der Waals surface area (Å²) in [5.74, 6) is -0.150. The molecule has 4 nitrogen and oxygen atoms in total. The van der Waals surface area contributed by atoms with Gasteiger partial charge in [-0.05, 0) is 50.8 Å². The molecule has 0 aliphatic rings. The Morgan fingerprint density at radius 3 is 2.39 bits per heavy atom. The summed E-state index contributed by atoms with van der Waals surface area (Å²) in [5, 5.41) is 3.00. The Labute approximate surface area is 169 Å². The summed E-state index contributed by atoms with van der Waals surface area (Å²) in [6.07, 6.45) is 1.15. The van der Waals surface area contributed by atoms with E-state index in [2.05, 4.69) is 11.4 Å². The predicted molar refractivity (Wildman–Crippen MR) is 114 cm³/mol. The van der Waals surface area contributed by atoms with Crippen LogP contribution in [0.3, 0.4) is 0 Å². The second kappa shape index (κ2) is 10.1. The average Bonchev–Trinajstić information content (AvgIpc) is 2.67. The molecule has 0 heterocycles. The van der Waals surface area contributed by atoms with Gasteiger partial charge in [0.05, 0.1) is 6.42 Å². The Kier molecular flexibility index (Phi) is 7.80. The summed E-state index contributed by atoms with van der Waals surface area (Å²) >= 11 is 0. The second-order valence-corrected chi connectivity index (χ2v) is 7.61. The quantitative estimate of drug-likeness (QED) is 0.747. The molecule has 28 heavy (non-hydrogen) atoms. The number of nitrogens with one attached hydrogen (secondary N) is 1. The van der Waals surface area contributed by atoms with Crippen molar-refractivity contribution < 1.29 is 9.59 Å². The van der Waals surface area contributed by atoms with Gasteiger partial charge in [0, 0.05) is 12.6 Å². The van der Waals surface area contributed by atoms with Crippen molar-refractivity contribution in [3.05, 3.63) is 70.8 Å². The van der Waals surface area contributed by atoms with Gasteiger partial charge in [0.15, 0.2) is 0 Å². The van der Waals surface area contributed by atoms with Gasteiger partial charge >= 0.3 is 0 Å². The number of hydrogen-bond acceptors (Lipinski definition) is 2. The third-order valence-corrected chi connectivity index (χ3v) is 5.21. The van der Waals surface area contributed by atoms with Crippen LogP contribution in [0.15, 0.2) is 48.5 Å². The van der Waals surface area contributed by atoms with Crippen LogP contribution in [0.5, 0.6) is 0 Å². The van der Waals surface area contributed by atoms with Crippen LogP contribution in [0.25, 0.3) is 0 Å². The molecule has 2 rings (SSSR count). The third-order valence-electron chi connectivity index (χ3n) is 5.21. The number of rotatable bonds is 8. The summed E-state index contributed by atoms with van der Waals surface area (Å²) in [7, 11) is 0. The van der Waals surface area contributed by atoms with Gasteiger partial charge in [-0.1, -0.05) is 61.0 Å². The van der Waals surface area contributed by atoms with E-state index in [0.717, 1.165) is 28.7 Å². The number of nitrogens with zero attached hydrogens (tertiary/aromatic N) is 1. The molecule has 0 unspecified atom stereocenters. The van der Waals surface area contributed by atoms with E-state index < -0.39 is 6.04 Å². The van der Waals surface area contributed by atoms with Crippen LogP contribution in [0.1, 0.15) is 49.4 Å². The standard InChI is InChI=1S/C24H32N2O2/c1-6-19(4)25-24(28)20(5)26(16-21-12-9-10-17(2)14-21)23(27)15-22-13-8-7-11-18(22)3/h7-14,19-20H,6,15-16H2,1-5H3,(H,25,28)/t19-,20+/m1/s1. The van der Waals surface area contributed by atoms with Crippen LogP contribution in [0, 0.1) is 13.8 Å². The van der Waals surface area contributed by atoms with E-state index in [1.54, 1.807) is 4.90 Å². The maximum absolute atomic E-state index is 13.2. The highest BCUT2D eigenvalue weighted by Crippen LogP contribution is 2.15. The molecule has 0 fully saturated rings. The fraction of sp³-hybridized carbons (Fsp3) is 0.417. The van der Waals surface area contributed by atoms with E-state index >= 15 is 0 Å². The highest BCUT2D eigenvalue weighted by atomic mass is 16.2. The van der Waals surface area contributed by atoms with Crippen molar-refractivity contribution >= 4 is 11.8 Å². The zero-order valence-electron chi connectivity index (χ0n) is 17.7. The zero-order chi connectivity index (χ0) is 20.7. The minimum atomic E-state index is -0.536. The van der Waals surface area contributed by atoms with Crippen LogP contribution >= 0.6 is 0 Å². The van der Waals surface area contributed by atoms with Crippen LogP contribution in [-0.2, 0) is 22.6 Å². The van der Waals surface area contributed by atoms with E-state index in [-0.39, 0.29) is 17.9 Å². The Balaban J connectivity index is 2.25. The van der Waals surface area contributed by atoms with Gasteiger partial charge in [0.25, 0.3) is 0 Å². The summed E-state index contributed by atoms with van der Waals surface area (Å²) in [5.41, 5.74) is 4.25. The topological polar surface area (TPSA) is 49.4 Å². The lowest BCUT2D eigenvalue weighted by Crippen LogP contribution is -2.49. The Hall–Kier alpha value is -2.62. The number of amides is 2. The summed E-state index contributed by atoms with van der Waals surface area (Å²) in [6.45, 7) is 10.3. The van der Waals surface area contributed by atoms with Gasteiger partial charge in [-0.15, -0.1) is 0 Å². The molecule has 4 heteroatoms. The smallest absolute Gasteiger partial charge is 0.242 e. The fourth-order valence-corrected chi connectivity index (χ4v) is 3.13. The molecule has 1 N–H and O–H groups in total. The maximum Gasteiger partial charge on any atom is 0.242 e. The molecule has 0 aliphatic heterocycles. The molecular weight excluding hydrogens is 348 g/mol. The van der Waals surface area contributed by atoms with Crippen LogP contribution < -0.4 is 5.32 Å². The van der Waals surface area contributed by atoms with Gasteiger partial charge in [-0.25, -0.2) is 0 Å². The molecule has 0 bridgehead atoms. The molecule has 0 spiro atoms. The zero-order valence-corrected chi connectivity index (χ0v) is 17.7. The minimum absolute atomic E-state index is 0.0393. The Morgan fingerprint density at radius 1 is 1.04 bits per heavy atom. The lowest BCUT2D eigenvalue weighted by Gasteiger charge is -2.30. The molecule has 0 saturated carbocycles. The molecule has 0 saturated heterocycles. The van der Waals surface area contributed by atoms with Crippen molar-refractivity contribution in [3.8, 4) is 0 Å². The van der Waals surface area contributed by atoms with E-state index in [1.165, 1.54) is 0 Å². The summed E-state index contributed by atoms with van der Waals surface area (Å²) in [6, 6.07) is 15.5. The lowest BCUT2D eigenvalue weighted by atomic mass is 10.0. The number of benzene rings is 2. The van der Waals surface area contributed by atoms with E-state index in [4.69, 9.17) is 0 Å². The van der Waals surface area contributed by atoms with Crippen LogP contribution in [0.4, 0.5) is 0 Å². The number of aryl methyl sites for hydroxylation is 2. The van der Waals surface area contributed by atoms with Gasteiger partial charge in [-0.2, -0.15) is 0 Å². The summed E-state index contributed by atoms with van der Waals surface area (Å²) < 4.78 is 0. The highest BCUT2D eigenvalue weighted by Gasteiger charge is 2.27. The van der Waals surface area contributed by atoms with Crippen molar-refractivity contribution in [2.75, 3.05) is 0 Å². The number of carbonyl (C=O) groups is 2. The van der Waals surface area contributed by atoms with E-state index in [1.807, 2.05) is 77.1 Å². The fourth-order valence-electron chi connectivity index (χ4n) is 3.13. The van der Waals surface area contributed by atoms with Gasteiger partial charge < -0.3 is 10.2 Å². The van der Waals surface area contributed by atoms with Crippen molar-refractivity contribution in [2.45, 2.75) is 66.1 Å². The molecule has 0 radical (unpaired) electrons. The molecular formula is C24H32N2O2. The first-order valence-electron chi connectivity index (χ1n) is 10.0. The maximum atomic E-state index is 13.2. The number of carbonyl (C=O) groups excluding carboxylic acids is 2. The monoisotopic (exact) mass is 380 g/mol. The molecule has 150 valence electrons. The third kappa shape index (κ3) is 5.95. The second-order valence-electron chi connectivity index (χ2n) is 7.61. The molecule has 0 aromatic heterocycles. The van der Waals surface area contributed by atoms with Crippen molar-refractivity contribution in [2.24, 2.45) is 0 Å². The van der Waals surface area contributed by atoms with Gasteiger partial charge in [0.2, 0.25) is 11.8 Å². The molecule has 2 amide bonds. The van der Waals surface area contributed by atoms with Crippen molar-refractivity contribution in [1.82, 2.24) is 10.2 Å². The Bertz CT molecular complexity index is 816. The minimum Gasteiger partial charge on any atom is -0.352 e.